The van der Waals surface area contributed by atoms with Crippen molar-refractivity contribution in [2.75, 3.05) is 5.32 Å². The third-order valence-corrected chi connectivity index (χ3v) is 6.13. The van der Waals surface area contributed by atoms with Gasteiger partial charge in [-0.05, 0) is 75.1 Å². The maximum absolute atomic E-state index is 12.8. The van der Waals surface area contributed by atoms with Crippen LogP contribution in [0.1, 0.15) is 21.5 Å². The Hall–Kier alpha value is -4.81. The number of amides is 1. The zero-order chi connectivity index (χ0) is 26.5. The number of aryl methyl sites for hydroxylation is 1. The molecule has 4 rings (SSSR count). The Morgan fingerprint density at radius 1 is 1.05 bits per heavy atom. The van der Waals surface area contributed by atoms with Crippen molar-refractivity contribution in [1.82, 2.24) is 0 Å². The minimum absolute atomic E-state index is 0.0994. The number of nitriles is 1. The lowest BCUT2D eigenvalue weighted by molar-refractivity contribution is -0.384. The number of fused-ring (bicyclic) bond motifs is 1. The first-order chi connectivity index (χ1) is 17.8. The molecular weight excluding hydrogens is 538 g/mol. The Labute approximate surface area is 220 Å². The molecule has 8 nitrogen and oxygen atoms in total. The van der Waals surface area contributed by atoms with Crippen molar-refractivity contribution < 1.29 is 19.2 Å². The van der Waals surface area contributed by atoms with Gasteiger partial charge in [0.05, 0.1) is 15.0 Å². The van der Waals surface area contributed by atoms with E-state index >= 15 is 0 Å². The van der Waals surface area contributed by atoms with E-state index in [4.69, 9.17) is 4.74 Å². The van der Waals surface area contributed by atoms with Crippen molar-refractivity contribution >= 4 is 56.0 Å². The summed E-state index contributed by atoms with van der Waals surface area (Å²) in [7, 11) is 0. The molecule has 4 aromatic carbocycles. The summed E-state index contributed by atoms with van der Waals surface area (Å²) in [5.74, 6) is -0.905. The van der Waals surface area contributed by atoms with Crippen molar-refractivity contribution in [2.24, 2.45) is 0 Å². The standard InChI is InChI=1S/C28H18BrN3O5/c1-17-13-21(32(35)36)10-11-25(17)31-27(33)20(16-30)14-18-9-12-26(24(29)15-18)37-28(34)23-8-4-6-19-5-2-3-7-22(19)23/h2-15H,1H3,(H,31,33)/b20-14-. The minimum atomic E-state index is -0.665. The molecule has 4 aromatic rings. The quantitative estimate of drug-likeness (QED) is 0.0715. The smallest absolute Gasteiger partial charge is 0.344 e. The molecule has 37 heavy (non-hydrogen) atoms. The Bertz CT molecular complexity index is 1630. The van der Waals surface area contributed by atoms with Crippen LogP contribution in [-0.4, -0.2) is 16.8 Å². The number of ether oxygens (including phenoxy) is 1. The van der Waals surface area contributed by atoms with Crippen molar-refractivity contribution in [3.8, 4) is 11.8 Å². The van der Waals surface area contributed by atoms with Gasteiger partial charge in [-0.1, -0.05) is 42.5 Å². The largest absolute Gasteiger partial charge is 0.422 e. The van der Waals surface area contributed by atoms with Crippen LogP contribution in [0.25, 0.3) is 16.8 Å². The highest BCUT2D eigenvalue weighted by Gasteiger charge is 2.16. The summed E-state index contributed by atoms with van der Waals surface area (Å²) in [5, 5.41) is 24.7. The fourth-order valence-electron chi connectivity index (χ4n) is 3.65. The fraction of sp³-hybridized carbons (Fsp3) is 0.0357. The number of anilines is 1. The molecule has 0 fully saturated rings. The highest BCUT2D eigenvalue weighted by molar-refractivity contribution is 9.10. The number of hydrogen-bond donors (Lipinski definition) is 1. The van der Waals surface area contributed by atoms with E-state index in [2.05, 4.69) is 21.2 Å². The number of halogens is 1. The molecule has 0 unspecified atom stereocenters. The van der Waals surface area contributed by atoms with Gasteiger partial charge in [0.1, 0.15) is 17.4 Å². The molecular formula is C28H18BrN3O5. The Balaban J connectivity index is 1.52. The van der Waals surface area contributed by atoms with Crippen LogP contribution in [0.4, 0.5) is 11.4 Å². The highest BCUT2D eigenvalue weighted by atomic mass is 79.9. The summed E-state index contributed by atoms with van der Waals surface area (Å²) in [6.45, 7) is 1.62. The average molecular weight is 556 g/mol. The molecule has 1 N–H and O–H groups in total. The second-order valence-corrected chi connectivity index (χ2v) is 8.84. The second-order valence-electron chi connectivity index (χ2n) is 7.99. The molecule has 1 amide bonds. The van der Waals surface area contributed by atoms with Crippen LogP contribution in [0, 0.1) is 28.4 Å². The van der Waals surface area contributed by atoms with E-state index in [1.807, 2.05) is 36.4 Å². The zero-order valence-electron chi connectivity index (χ0n) is 19.4. The summed E-state index contributed by atoms with van der Waals surface area (Å²) in [5.41, 5.74) is 1.51. The Morgan fingerprint density at radius 2 is 1.81 bits per heavy atom. The molecule has 9 heteroatoms. The maximum atomic E-state index is 12.8. The van der Waals surface area contributed by atoms with E-state index < -0.39 is 16.8 Å². The number of hydrogen-bond acceptors (Lipinski definition) is 6. The topological polar surface area (TPSA) is 122 Å². The van der Waals surface area contributed by atoms with Crippen LogP contribution < -0.4 is 10.1 Å². The van der Waals surface area contributed by atoms with Gasteiger partial charge in [-0.2, -0.15) is 5.26 Å². The van der Waals surface area contributed by atoms with Crippen LogP contribution >= 0.6 is 15.9 Å². The van der Waals surface area contributed by atoms with Gasteiger partial charge in [-0.15, -0.1) is 0 Å². The maximum Gasteiger partial charge on any atom is 0.344 e. The lowest BCUT2D eigenvalue weighted by atomic mass is 10.0. The molecule has 0 aliphatic heterocycles. The molecule has 0 radical (unpaired) electrons. The average Bonchev–Trinajstić information content (AvgIpc) is 2.89. The molecule has 0 spiro atoms. The predicted molar refractivity (Wildman–Crippen MR) is 143 cm³/mol. The second kappa shape index (κ2) is 10.8. The van der Waals surface area contributed by atoms with Gasteiger partial charge in [0.2, 0.25) is 0 Å². The zero-order valence-corrected chi connectivity index (χ0v) is 21.0. The summed E-state index contributed by atoms with van der Waals surface area (Å²) in [6.07, 6.45) is 1.39. The van der Waals surface area contributed by atoms with E-state index in [0.717, 1.165) is 10.8 Å². The van der Waals surface area contributed by atoms with E-state index in [-0.39, 0.29) is 17.0 Å². The first-order valence-electron chi connectivity index (χ1n) is 10.9. The first kappa shape index (κ1) is 25.3. The number of carbonyl (C=O) groups excluding carboxylic acids is 2. The number of nitrogens with one attached hydrogen (secondary N) is 1. The fourth-order valence-corrected chi connectivity index (χ4v) is 4.13. The van der Waals surface area contributed by atoms with Gasteiger partial charge in [-0.3, -0.25) is 14.9 Å². The van der Waals surface area contributed by atoms with Gasteiger partial charge in [0.25, 0.3) is 11.6 Å². The Kier molecular flexibility index (Phi) is 7.41. The van der Waals surface area contributed by atoms with Crippen LogP contribution in [0.15, 0.2) is 88.9 Å². The third-order valence-electron chi connectivity index (χ3n) is 5.51. The first-order valence-corrected chi connectivity index (χ1v) is 11.7. The number of rotatable bonds is 6. The van der Waals surface area contributed by atoms with Crippen LogP contribution in [0.2, 0.25) is 0 Å². The highest BCUT2D eigenvalue weighted by Crippen LogP contribution is 2.29. The normalized spacial score (nSPS) is 11.0. The summed E-state index contributed by atoms with van der Waals surface area (Å²) in [4.78, 5) is 35.9. The summed E-state index contributed by atoms with van der Waals surface area (Å²) >= 11 is 3.38. The van der Waals surface area contributed by atoms with E-state index in [1.165, 1.54) is 24.3 Å². The molecule has 182 valence electrons. The Morgan fingerprint density at radius 3 is 2.51 bits per heavy atom. The molecule has 0 saturated carbocycles. The molecule has 0 saturated heterocycles. The van der Waals surface area contributed by atoms with E-state index in [9.17, 15) is 25.0 Å². The number of carbonyl (C=O) groups is 2. The molecule has 0 aliphatic carbocycles. The predicted octanol–water partition coefficient (Wildman–Crippen LogP) is 6.58. The number of non-ortho nitro benzene ring substituents is 1. The third kappa shape index (κ3) is 5.72. The van der Waals surface area contributed by atoms with E-state index in [1.54, 1.807) is 37.3 Å². The SMILES string of the molecule is Cc1cc([N+](=O)[O-])ccc1NC(=O)/C(C#N)=C\c1ccc(OC(=O)c2cccc3ccccc23)c(Br)c1. The minimum Gasteiger partial charge on any atom is -0.422 e. The van der Waals surface area contributed by atoms with Crippen molar-refractivity contribution in [2.45, 2.75) is 6.92 Å². The summed E-state index contributed by atoms with van der Waals surface area (Å²) < 4.78 is 6.05. The number of nitro groups is 1. The lowest BCUT2D eigenvalue weighted by Gasteiger charge is -2.10. The number of nitrogens with zero attached hydrogens (tertiary/aromatic N) is 2. The molecule has 0 aromatic heterocycles. The van der Waals surface area contributed by atoms with Crippen LogP contribution in [0.5, 0.6) is 5.75 Å². The number of benzene rings is 4. The van der Waals surface area contributed by atoms with Crippen LogP contribution in [0.3, 0.4) is 0 Å². The van der Waals surface area contributed by atoms with Gasteiger partial charge in [-0.25, -0.2) is 4.79 Å². The van der Waals surface area contributed by atoms with Gasteiger partial charge in [0.15, 0.2) is 0 Å². The number of esters is 1. The van der Waals surface area contributed by atoms with Crippen molar-refractivity contribution in [1.29, 1.82) is 5.26 Å². The monoisotopic (exact) mass is 555 g/mol. The van der Waals surface area contributed by atoms with Crippen LogP contribution in [-0.2, 0) is 4.79 Å². The molecule has 0 bridgehead atoms. The lowest BCUT2D eigenvalue weighted by Crippen LogP contribution is -2.14. The van der Waals surface area contributed by atoms with E-state index in [0.29, 0.717) is 26.9 Å². The number of nitro benzene ring substituents is 1. The van der Waals surface area contributed by atoms with Crippen molar-refractivity contribution in [3.63, 3.8) is 0 Å². The van der Waals surface area contributed by atoms with Gasteiger partial charge >= 0.3 is 5.97 Å². The van der Waals surface area contributed by atoms with Gasteiger partial charge in [0, 0.05) is 17.8 Å². The molecule has 0 aliphatic rings. The van der Waals surface area contributed by atoms with Gasteiger partial charge < -0.3 is 10.1 Å². The summed E-state index contributed by atoms with van der Waals surface area (Å²) in [6, 6.07) is 23.6. The molecule has 0 atom stereocenters. The van der Waals surface area contributed by atoms with Crippen molar-refractivity contribution in [3.05, 3.63) is 116 Å². The molecule has 0 heterocycles.